The van der Waals surface area contributed by atoms with E-state index in [1.165, 1.54) is 32.7 Å². The Hall–Kier alpha value is -7.82. The van der Waals surface area contributed by atoms with E-state index in [0.717, 1.165) is 95.2 Å². The van der Waals surface area contributed by atoms with E-state index in [-0.39, 0.29) is 5.41 Å². The molecule has 2 aromatic heterocycles. The van der Waals surface area contributed by atoms with E-state index < -0.39 is 0 Å². The lowest BCUT2D eigenvalue weighted by molar-refractivity contribution is 0.590. The van der Waals surface area contributed by atoms with Crippen LogP contribution in [0.3, 0.4) is 0 Å². The molecule has 2 heterocycles. The van der Waals surface area contributed by atoms with Gasteiger partial charge in [-0.05, 0) is 105 Å². The predicted octanol–water partition coefficient (Wildman–Crippen LogP) is 17.7. The number of hydrogen-bond donors (Lipinski definition) is 0. The van der Waals surface area contributed by atoms with Crippen LogP contribution in [-0.2, 0) is 11.8 Å². The minimum absolute atomic E-state index is 0.0102. The number of anilines is 6. The van der Waals surface area contributed by atoms with Gasteiger partial charge in [-0.15, -0.1) is 0 Å². The maximum atomic E-state index is 6.79. The third-order valence-corrected chi connectivity index (χ3v) is 13.2. The van der Waals surface area contributed by atoms with Gasteiger partial charge in [0.15, 0.2) is 11.2 Å². The summed E-state index contributed by atoms with van der Waals surface area (Å²) in [6.45, 7) is 9.01. The highest BCUT2D eigenvalue weighted by Crippen LogP contribution is 2.50. The molecule has 0 saturated carbocycles. The second-order valence-electron chi connectivity index (χ2n) is 18.0. The molecule has 12 rings (SSSR count). The van der Waals surface area contributed by atoms with Gasteiger partial charge in [-0.2, -0.15) is 0 Å². The van der Waals surface area contributed by atoms with Crippen LogP contribution in [0.15, 0.2) is 203 Å². The molecule has 0 spiro atoms. The van der Waals surface area contributed by atoms with Gasteiger partial charge in [-0.1, -0.05) is 161 Å². The van der Waals surface area contributed by atoms with Crippen molar-refractivity contribution >= 4 is 110 Å². The fraction of sp³-hybridized carbons (Fsp3) is 0.100. The smallest absolute Gasteiger partial charge is 0.159 e. The minimum atomic E-state index is 0.0102. The molecule has 0 amide bonds. The normalized spacial score (nSPS) is 12.1. The van der Waals surface area contributed by atoms with Crippen molar-refractivity contribution in [2.75, 3.05) is 9.80 Å². The number of aryl methyl sites for hydroxylation is 1. The van der Waals surface area contributed by atoms with Gasteiger partial charge in [-0.3, -0.25) is 0 Å². The van der Waals surface area contributed by atoms with E-state index >= 15 is 0 Å². The second kappa shape index (κ2) is 14.6. The Morgan fingerprint density at radius 1 is 0.359 bits per heavy atom. The van der Waals surface area contributed by atoms with Gasteiger partial charge < -0.3 is 18.6 Å². The molecule has 4 nitrogen and oxygen atoms in total. The van der Waals surface area contributed by atoms with Crippen molar-refractivity contribution in [2.24, 2.45) is 0 Å². The summed E-state index contributed by atoms with van der Waals surface area (Å²) in [6, 6.07) is 70.4. The van der Waals surface area contributed by atoms with Gasteiger partial charge in [-0.25, -0.2) is 0 Å². The zero-order chi connectivity index (χ0) is 43.1. The lowest BCUT2D eigenvalue weighted by Crippen LogP contribution is -2.14. The summed E-state index contributed by atoms with van der Waals surface area (Å²) in [7, 11) is 0. The number of nitrogens with zero attached hydrogens (tertiary/aromatic N) is 2. The second-order valence-corrected chi connectivity index (χ2v) is 18.0. The molecule has 64 heavy (non-hydrogen) atoms. The number of para-hydroxylation sites is 4. The van der Waals surface area contributed by atoms with Crippen LogP contribution in [0, 0.1) is 0 Å². The lowest BCUT2D eigenvalue weighted by atomic mass is 9.87. The Kier molecular flexibility index (Phi) is 8.67. The molecule has 0 aliphatic heterocycles. The first kappa shape index (κ1) is 37.9. The molecule has 0 unspecified atom stereocenters. The average molecular weight is 827 g/mol. The molecule has 0 saturated heterocycles. The molecule has 10 aromatic carbocycles. The molecule has 0 atom stereocenters. The van der Waals surface area contributed by atoms with Gasteiger partial charge in [0.05, 0.1) is 22.7 Å². The molecule has 12 aromatic rings. The molecule has 308 valence electrons. The molecule has 0 radical (unpaired) electrons. The van der Waals surface area contributed by atoms with Crippen molar-refractivity contribution in [1.29, 1.82) is 0 Å². The Morgan fingerprint density at radius 2 is 0.750 bits per heavy atom. The predicted molar refractivity (Wildman–Crippen MR) is 271 cm³/mol. The van der Waals surface area contributed by atoms with Crippen molar-refractivity contribution in [3.63, 3.8) is 0 Å². The number of furan rings is 2. The van der Waals surface area contributed by atoms with Crippen molar-refractivity contribution in [2.45, 2.75) is 39.5 Å². The zero-order valence-corrected chi connectivity index (χ0v) is 36.4. The van der Waals surface area contributed by atoms with Crippen LogP contribution >= 0.6 is 0 Å². The highest BCUT2D eigenvalue weighted by Gasteiger charge is 2.26. The van der Waals surface area contributed by atoms with Gasteiger partial charge in [0.2, 0.25) is 0 Å². The summed E-state index contributed by atoms with van der Waals surface area (Å²) < 4.78 is 13.6. The fourth-order valence-corrected chi connectivity index (χ4v) is 9.91. The van der Waals surface area contributed by atoms with Gasteiger partial charge in [0, 0.05) is 43.7 Å². The highest BCUT2D eigenvalue weighted by molar-refractivity contribution is 6.25. The fourth-order valence-electron chi connectivity index (χ4n) is 9.91. The van der Waals surface area contributed by atoms with Crippen molar-refractivity contribution < 1.29 is 8.83 Å². The van der Waals surface area contributed by atoms with Gasteiger partial charge >= 0.3 is 0 Å². The van der Waals surface area contributed by atoms with Crippen LogP contribution in [0.4, 0.5) is 34.1 Å². The van der Waals surface area contributed by atoms with Crippen LogP contribution in [0.1, 0.15) is 38.8 Å². The van der Waals surface area contributed by atoms with Crippen LogP contribution in [0.5, 0.6) is 0 Å². The maximum Gasteiger partial charge on any atom is 0.159 e. The third-order valence-electron chi connectivity index (χ3n) is 13.2. The van der Waals surface area contributed by atoms with Crippen LogP contribution in [-0.4, -0.2) is 0 Å². The first-order valence-electron chi connectivity index (χ1n) is 22.3. The van der Waals surface area contributed by atoms with E-state index in [0.29, 0.717) is 0 Å². The molecule has 0 aliphatic carbocycles. The average Bonchev–Trinajstić information content (AvgIpc) is 3.92. The highest BCUT2D eigenvalue weighted by atomic mass is 16.3. The summed E-state index contributed by atoms with van der Waals surface area (Å²) in [4.78, 5) is 4.81. The molecule has 0 bridgehead atoms. The quantitative estimate of drug-likeness (QED) is 0.150. The summed E-state index contributed by atoms with van der Waals surface area (Å²) >= 11 is 0. The summed E-state index contributed by atoms with van der Waals surface area (Å²) in [5, 5.41) is 11.4. The standard InChI is InChI=1S/C60H46N2O2/c1-5-38-28-32-40(33-29-38)61(52-24-14-22-48-46-20-10-12-26-56(46)63-58(48)52)54-36-50-43-17-7-9-19-45(43)55(37-51(50)42-16-6-8-18-44(42)54)62(41-34-30-39(31-35-41)60(2,3)4)53-25-15-23-49-47-21-11-13-27-57(47)64-59(49)53/h6-37H,5H2,1-4H3. The Morgan fingerprint density at radius 3 is 1.19 bits per heavy atom. The summed E-state index contributed by atoms with van der Waals surface area (Å²) in [5.74, 6) is 0. The largest absolute Gasteiger partial charge is 0.454 e. The number of rotatable bonds is 7. The Labute approximate surface area is 372 Å². The third kappa shape index (κ3) is 5.97. The number of benzene rings is 10. The van der Waals surface area contributed by atoms with Crippen LogP contribution in [0.2, 0.25) is 0 Å². The van der Waals surface area contributed by atoms with Crippen LogP contribution < -0.4 is 9.80 Å². The summed E-state index contributed by atoms with van der Waals surface area (Å²) in [6.07, 6.45) is 0.968. The van der Waals surface area contributed by atoms with Crippen molar-refractivity contribution in [1.82, 2.24) is 0 Å². The van der Waals surface area contributed by atoms with E-state index in [1.54, 1.807) is 0 Å². The monoisotopic (exact) mass is 826 g/mol. The molecular formula is C60H46N2O2. The number of hydrogen-bond acceptors (Lipinski definition) is 4. The van der Waals surface area contributed by atoms with Crippen molar-refractivity contribution in [3.8, 4) is 0 Å². The van der Waals surface area contributed by atoms with E-state index in [2.05, 4.69) is 219 Å². The first-order chi connectivity index (χ1) is 31.3. The molecule has 0 fully saturated rings. The zero-order valence-electron chi connectivity index (χ0n) is 36.4. The SMILES string of the molecule is CCc1ccc(N(c2cc3c4ccccc4c(N(c4ccc(C(C)(C)C)cc4)c4cccc5c4oc4ccccc45)cc3c3ccccc23)c2cccc3c2oc2ccccc23)cc1. The summed E-state index contributed by atoms with van der Waals surface area (Å²) in [5.41, 5.74) is 12.3. The minimum Gasteiger partial charge on any atom is -0.454 e. The Balaban J connectivity index is 1.16. The topological polar surface area (TPSA) is 32.8 Å². The first-order valence-corrected chi connectivity index (χ1v) is 22.3. The molecule has 0 N–H and O–H groups in total. The maximum absolute atomic E-state index is 6.79. The van der Waals surface area contributed by atoms with Crippen molar-refractivity contribution in [3.05, 3.63) is 205 Å². The van der Waals surface area contributed by atoms with Gasteiger partial charge in [0.1, 0.15) is 11.2 Å². The molecular weight excluding hydrogens is 781 g/mol. The van der Waals surface area contributed by atoms with E-state index in [4.69, 9.17) is 8.83 Å². The van der Waals surface area contributed by atoms with Gasteiger partial charge in [0.25, 0.3) is 0 Å². The van der Waals surface area contributed by atoms with Crippen LogP contribution in [0.25, 0.3) is 76.2 Å². The molecule has 0 aliphatic rings. The van der Waals surface area contributed by atoms with E-state index in [1.807, 2.05) is 12.1 Å². The van der Waals surface area contributed by atoms with E-state index in [9.17, 15) is 0 Å². The number of fused-ring (bicyclic) bond motifs is 11. The lowest BCUT2D eigenvalue weighted by Gasteiger charge is -2.30. The molecule has 4 heteroatoms. The Bertz CT molecular complexity index is 3760.